The van der Waals surface area contributed by atoms with Gasteiger partial charge in [-0.05, 0) is 0 Å². The molecule has 1 heterocycles. The Morgan fingerprint density at radius 1 is 1.53 bits per heavy atom. The van der Waals surface area contributed by atoms with Crippen LogP contribution in [0.4, 0.5) is 0 Å². The van der Waals surface area contributed by atoms with Crippen LogP contribution in [0.1, 0.15) is 6.92 Å². The fraction of sp³-hybridized carbons (Fsp3) is 0.889. The SMILES string of the molecule is CC(=O)NC[C@@H]1[C@@H](O)[C@@H](O)CN1CCO. The number of hydrogen-bond acceptors (Lipinski definition) is 5. The lowest BCUT2D eigenvalue weighted by Gasteiger charge is -2.24. The van der Waals surface area contributed by atoms with Gasteiger partial charge in [0.1, 0.15) is 0 Å². The Labute approximate surface area is 88.5 Å². The van der Waals surface area contributed by atoms with Crippen molar-refractivity contribution in [1.82, 2.24) is 10.2 Å². The molecular weight excluding hydrogens is 200 g/mol. The van der Waals surface area contributed by atoms with Crippen molar-refractivity contribution in [3.05, 3.63) is 0 Å². The molecule has 3 atom stereocenters. The first-order valence-corrected chi connectivity index (χ1v) is 5.01. The quantitative estimate of drug-likeness (QED) is 0.419. The van der Waals surface area contributed by atoms with Crippen molar-refractivity contribution in [3.8, 4) is 0 Å². The molecule has 0 saturated carbocycles. The van der Waals surface area contributed by atoms with Crippen molar-refractivity contribution < 1.29 is 20.1 Å². The van der Waals surface area contributed by atoms with Gasteiger partial charge in [-0.15, -0.1) is 0 Å². The summed E-state index contributed by atoms with van der Waals surface area (Å²) in [4.78, 5) is 12.5. The average molecular weight is 218 g/mol. The Balaban J connectivity index is 2.52. The van der Waals surface area contributed by atoms with E-state index in [0.29, 0.717) is 13.1 Å². The van der Waals surface area contributed by atoms with Gasteiger partial charge in [0.15, 0.2) is 0 Å². The summed E-state index contributed by atoms with van der Waals surface area (Å²) in [5, 5.41) is 30.5. The molecule has 1 aliphatic rings. The van der Waals surface area contributed by atoms with Crippen LogP contribution in [0.25, 0.3) is 0 Å². The molecule has 0 unspecified atom stereocenters. The molecule has 4 N–H and O–H groups in total. The van der Waals surface area contributed by atoms with E-state index in [2.05, 4.69) is 5.32 Å². The van der Waals surface area contributed by atoms with Gasteiger partial charge in [-0.3, -0.25) is 9.69 Å². The molecule has 88 valence electrons. The third-order valence-corrected chi connectivity index (χ3v) is 2.63. The summed E-state index contributed by atoms with van der Waals surface area (Å²) >= 11 is 0. The smallest absolute Gasteiger partial charge is 0.216 e. The summed E-state index contributed by atoms with van der Waals surface area (Å²) in [5.74, 6) is -0.174. The second kappa shape index (κ2) is 5.41. The van der Waals surface area contributed by atoms with Gasteiger partial charge in [0.25, 0.3) is 0 Å². The van der Waals surface area contributed by atoms with Crippen molar-refractivity contribution in [2.75, 3.05) is 26.2 Å². The standard InChI is InChI=1S/C9H18N2O4/c1-6(13)10-4-7-9(15)8(14)5-11(7)2-3-12/h7-9,12,14-15H,2-5H2,1H3,(H,10,13)/t7-,8+,9-/m1/s1. The zero-order valence-corrected chi connectivity index (χ0v) is 8.76. The number of β-amino-alcohol motifs (C(OH)–C–C–N with tert-alkyl or cyclic N) is 2. The molecule has 6 nitrogen and oxygen atoms in total. The molecule has 1 fully saturated rings. The van der Waals surface area contributed by atoms with Crippen molar-refractivity contribution in [1.29, 1.82) is 0 Å². The maximum atomic E-state index is 10.7. The molecule has 0 aliphatic carbocycles. The fourth-order valence-electron chi connectivity index (χ4n) is 1.84. The van der Waals surface area contributed by atoms with Crippen LogP contribution < -0.4 is 5.32 Å². The molecule has 1 rings (SSSR count). The summed E-state index contributed by atoms with van der Waals surface area (Å²) in [6, 6.07) is -0.323. The van der Waals surface area contributed by atoms with Crippen LogP contribution in [0.3, 0.4) is 0 Å². The van der Waals surface area contributed by atoms with E-state index in [-0.39, 0.29) is 25.1 Å². The first-order valence-electron chi connectivity index (χ1n) is 5.01. The highest BCUT2D eigenvalue weighted by molar-refractivity contribution is 5.72. The molecule has 0 spiro atoms. The highest BCUT2D eigenvalue weighted by Gasteiger charge is 2.39. The number of carbonyl (C=O) groups excluding carboxylic acids is 1. The van der Waals surface area contributed by atoms with Gasteiger partial charge >= 0.3 is 0 Å². The number of aliphatic hydroxyl groups excluding tert-OH is 3. The number of rotatable bonds is 4. The first kappa shape index (κ1) is 12.4. The van der Waals surface area contributed by atoms with Crippen LogP contribution in [-0.2, 0) is 4.79 Å². The molecule has 6 heteroatoms. The lowest BCUT2D eigenvalue weighted by atomic mass is 10.1. The lowest BCUT2D eigenvalue weighted by Crippen LogP contribution is -2.45. The average Bonchev–Trinajstić information content (AvgIpc) is 2.41. The molecule has 1 amide bonds. The normalized spacial score (nSPS) is 31.9. The Morgan fingerprint density at radius 2 is 2.20 bits per heavy atom. The number of amides is 1. The van der Waals surface area contributed by atoms with E-state index in [1.165, 1.54) is 6.92 Å². The molecule has 0 aromatic rings. The van der Waals surface area contributed by atoms with Crippen LogP contribution in [0.15, 0.2) is 0 Å². The Hall–Kier alpha value is -0.690. The third kappa shape index (κ3) is 3.13. The van der Waals surface area contributed by atoms with E-state index in [4.69, 9.17) is 5.11 Å². The Kier molecular flexibility index (Phi) is 4.46. The first-order chi connectivity index (χ1) is 7.06. The molecule has 1 saturated heterocycles. The maximum absolute atomic E-state index is 10.7. The molecule has 0 aromatic heterocycles. The van der Waals surface area contributed by atoms with Gasteiger partial charge in [0, 0.05) is 26.6 Å². The molecule has 0 aromatic carbocycles. The minimum atomic E-state index is -0.872. The second-order valence-electron chi connectivity index (χ2n) is 3.78. The molecule has 0 radical (unpaired) electrons. The van der Waals surface area contributed by atoms with Gasteiger partial charge in [0.05, 0.1) is 24.9 Å². The van der Waals surface area contributed by atoms with Crippen LogP contribution in [0.2, 0.25) is 0 Å². The zero-order chi connectivity index (χ0) is 11.4. The number of likely N-dealkylation sites (tertiary alicyclic amines) is 1. The monoisotopic (exact) mass is 218 g/mol. The zero-order valence-electron chi connectivity index (χ0n) is 8.76. The van der Waals surface area contributed by atoms with E-state index in [1.807, 2.05) is 0 Å². The van der Waals surface area contributed by atoms with E-state index in [9.17, 15) is 15.0 Å². The Bertz CT molecular complexity index is 224. The summed E-state index contributed by atoms with van der Waals surface area (Å²) < 4.78 is 0. The van der Waals surface area contributed by atoms with Crippen molar-refractivity contribution in [3.63, 3.8) is 0 Å². The molecular formula is C9H18N2O4. The predicted molar refractivity (Wildman–Crippen MR) is 53.1 cm³/mol. The fourth-order valence-corrected chi connectivity index (χ4v) is 1.84. The number of aliphatic hydroxyl groups is 3. The van der Waals surface area contributed by atoms with Crippen LogP contribution in [-0.4, -0.2) is 70.6 Å². The van der Waals surface area contributed by atoms with E-state index < -0.39 is 12.2 Å². The van der Waals surface area contributed by atoms with Crippen molar-refractivity contribution in [2.24, 2.45) is 0 Å². The van der Waals surface area contributed by atoms with Gasteiger partial charge in [-0.2, -0.15) is 0 Å². The minimum absolute atomic E-state index is 0.0317. The number of hydrogen-bond donors (Lipinski definition) is 4. The summed E-state index contributed by atoms with van der Waals surface area (Å²) in [6.07, 6.45) is -1.68. The highest BCUT2D eigenvalue weighted by atomic mass is 16.3. The maximum Gasteiger partial charge on any atom is 0.216 e. The summed E-state index contributed by atoms with van der Waals surface area (Å²) in [7, 11) is 0. The van der Waals surface area contributed by atoms with Gasteiger partial charge in [-0.1, -0.05) is 0 Å². The second-order valence-corrected chi connectivity index (χ2v) is 3.78. The topological polar surface area (TPSA) is 93.0 Å². The number of carbonyl (C=O) groups is 1. The minimum Gasteiger partial charge on any atom is -0.395 e. The molecule has 1 aliphatic heterocycles. The van der Waals surface area contributed by atoms with E-state index >= 15 is 0 Å². The van der Waals surface area contributed by atoms with Crippen molar-refractivity contribution in [2.45, 2.75) is 25.2 Å². The Morgan fingerprint density at radius 3 is 2.73 bits per heavy atom. The van der Waals surface area contributed by atoms with Crippen molar-refractivity contribution >= 4 is 5.91 Å². The summed E-state index contributed by atoms with van der Waals surface area (Å²) in [5.41, 5.74) is 0. The molecule has 0 bridgehead atoms. The lowest BCUT2D eigenvalue weighted by molar-refractivity contribution is -0.119. The highest BCUT2D eigenvalue weighted by Crippen LogP contribution is 2.17. The van der Waals surface area contributed by atoms with Crippen LogP contribution in [0, 0.1) is 0 Å². The summed E-state index contributed by atoms with van der Waals surface area (Å²) in [6.45, 7) is 2.36. The van der Waals surface area contributed by atoms with Gasteiger partial charge < -0.3 is 20.6 Å². The van der Waals surface area contributed by atoms with Gasteiger partial charge in [-0.25, -0.2) is 0 Å². The number of nitrogens with one attached hydrogen (secondary N) is 1. The van der Waals surface area contributed by atoms with E-state index in [1.54, 1.807) is 4.90 Å². The predicted octanol–water partition coefficient (Wildman–Crippen LogP) is -2.48. The van der Waals surface area contributed by atoms with Crippen LogP contribution in [0.5, 0.6) is 0 Å². The largest absolute Gasteiger partial charge is 0.395 e. The third-order valence-electron chi connectivity index (χ3n) is 2.63. The van der Waals surface area contributed by atoms with Crippen LogP contribution >= 0.6 is 0 Å². The number of nitrogens with zero attached hydrogens (tertiary/aromatic N) is 1. The molecule has 15 heavy (non-hydrogen) atoms. The van der Waals surface area contributed by atoms with E-state index in [0.717, 1.165) is 0 Å². The van der Waals surface area contributed by atoms with Gasteiger partial charge in [0.2, 0.25) is 5.91 Å².